The molecule has 2 aromatic rings. The Kier molecular flexibility index (Phi) is 4.45. The van der Waals surface area contributed by atoms with E-state index in [1.165, 1.54) is 49.0 Å². The van der Waals surface area contributed by atoms with Crippen LogP contribution in [0.5, 0.6) is 0 Å². The van der Waals surface area contributed by atoms with Gasteiger partial charge in [0.1, 0.15) is 0 Å². The quantitative estimate of drug-likeness (QED) is 0.915. The predicted octanol–water partition coefficient (Wildman–Crippen LogP) is 4.10. The third-order valence-corrected chi connectivity index (χ3v) is 5.50. The summed E-state index contributed by atoms with van der Waals surface area (Å²) in [6.45, 7) is 4.62. The molecule has 0 bridgehead atoms. The molecule has 1 heterocycles. The maximum atomic E-state index is 3.48. The molecular formula is C21H26N2. The molecule has 2 aliphatic rings. The molecule has 0 spiro atoms. The molecule has 1 N–H and O–H groups in total. The second-order valence-corrected chi connectivity index (χ2v) is 6.91. The fourth-order valence-corrected chi connectivity index (χ4v) is 4.00. The third-order valence-electron chi connectivity index (χ3n) is 5.50. The Morgan fingerprint density at radius 3 is 2.09 bits per heavy atom. The highest BCUT2D eigenvalue weighted by molar-refractivity contribution is 5.63. The van der Waals surface area contributed by atoms with Gasteiger partial charge in [0, 0.05) is 32.2 Å². The van der Waals surface area contributed by atoms with Crippen LogP contribution in [0.1, 0.15) is 30.9 Å². The highest BCUT2D eigenvalue weighted by Gasteiger charge is 2.33. The Balaban J connectivity index is 1.58. The van der Waals surface area contributed by atoms with Gasteiger partial charge < -0.3 is 5.32 Å². The van der Waals surface area contributed by atoms with Crippen LogP contribution in [0.15, 0.2) is 54.6 Å². The first-order valence-electron chi connectivity index (χ1n) is 9.02. The van der Waals surface area contributed by atoms with Gasteiger partial charge in [-0.15, -0.1) is 0 Å². The molecule has 4 rings (SSSR count). The zero-order chi connectivity index (χ0) is 15.5. The van der Waals surface area contributed by atoms with E-state index in [1.807, 2.05) is 0 Å². The van der Waals surface area contributed by atoms with Crippen LogP contribution in [-0.2, 0) is 0 Å². The highest BCUT2D eigenvalue weighted by atomic mass is 15.2. The Bertz CT molecular complexity index is 610. The van der Waals surface area contributed by atoms with Gasteiger partial charge in [0.2, 0.25) is 0 Å². The lowest BCUT2D eigenvalue weighted by Crippen LogP contribution is -2.47. The van der Waals surface area contributed by atoms with Crippen LogP contribution in [0, 0.1) is 5.92 Å². The van der Waals surface area contributed by atoms with Gasteiger partial charge in [0.05, 0.1) is 0 Å². The summed E-state index contributed by atoms with van der Waals surface area (Å²) in [5.41, 5.74) is 4.14. The first kappa shape index (κ1) is 14.9. The van der Waals surface area contributed by atoms with E-state index in [9.17, 15) is 0 Å². The summed E-state index contributed by atoms with van der Waals surface area (Å²) in [6.07, 6.45) is 4.21. The average molecular weight is 306 g/mol. The maximum absolute atomic E-state index is 3.48. The molecule has 2 aromatic carbocycles. The van der Waals surface area contributed by atoms with Crippen molar-refractivity contribution in [2.24, 2.45) is 5.92 Å². The van der Waals surface area contributed by atoms with Crippen LogP contribution in [0.25, 0.3) is 11.1 Å². The minimum absolute atomic E-state index is 0.621. The summed E-state index contributed by atoms with van der Waals surface area (Å²) in [5, 5.41) is 3.48. The van der Waals surface area contributed by atoms with E-state index >= 15 is 0 Å². The molecular weight excluding hydrogens is 280 g/mol. The molecule has 0 aromatic heterocycles. The first-order chi connectivity index (χ1) is 11.4. The van der Waals surface area contributed by atoms with E-state index in [0.29, 0.717) is 6.04 Å². The van der Waals surface area contributed by atoms with Gasteiger partial charge in [0.15, 0.2) is 0 Å². The fraction of sp³-hybridized carbons (Fsp3) is 0.429. The van der Waals surface area contributed by atoms with E-state index in [1.54, 1.807) is 0 Å². The Hall–Kier alpha value is -1.64. The Morgan fingerprint density at radius 2 is 1.48 bits per heavy atom. The van der Waals surface area contributed by atoms with E-state index in [0.717, 1.165) is 19.0 Å². The van der Waals surface area contributed by atoms with Crippen molar-refractivity contribution < 1.29 is 0 Å². The SMILES string of the molecule is c1ccc(-c2ccc([C@H](C3CCC3)N3CCNCC3)cc2)cc1. The van der Waals surface area contributed by atoms with Gasteiger partial charge >= 0.3 is 0 Å². The van der Waals surface area contributed by atoms with Crippen molar-refractivity contribution in [1.29, 1.82) is 0 Å². The third kappa shape index (κ3) is 3.19. The summed E-state index contributed by atoms with van der Waals surface area (Å²) < 4.78 is 0. The molecule has 23 heavy (non-hydrogen) atoms. The van der Waals surface area contributed by atoms with Gasteiger partial charge in [-0.25, -0.2) is 0 Å². The minimum atomic E-state index is 0.621. The lowest BCUT2D eigenvalue weighted by atomic mass is 9.76. The van der Waals surface area contributed by atoms with Crippen LogP contribution in [0.2, 0.25) is 0 Å². The number of nitrogens with one attached hydrogen (secondary N) is 1. The van der Waals surface area contributed by atoms with Crippen LogP contribution in [0.3, 0.4) is 0 Å². The number of rotatable bonds is 4. The summed E-state index contributed by atoms with van der Waals surface area (Å²) in [7, 11) is 0. The molecule has 2 nitrogen and oxygen atoms in total. The topological polar surface area (TPSA) is 15.3 Å². The second-order valence-electron chi connectivity index (χ2n) is 6.91. The van der Waals surface area contributed by atoms with Crippen molar-refractivity contribution in [1.82, 2.24) is 10.2 Å². The summed E-state index contributed by atoms with van der Waals surface area (Å²) in [4.78, 5) is 2.71. The molecule has 2 fully saturated rings. The number of benzene rings is 2. The first-order valence-corrected chi connectivity index (χ1v) is 9.02. The Morgan fingerprint density at radius 1 is 0.826 bits per heavy atom. The van der Waals surface area contributed by atoms with Gasteiger partial charge in [-0.05, 0) is 35.4 Å². The van der Waals surface area contributed by atoms with Gasteiger partial charge in [-0.2, -0.15) is 0 Å². The lowest BCUT2D eigenvalue weighted by molar-refractivity contribution is 0.0837. The zero-order valence-corrected chi connectivity index (χ0v) is 13.7. The molecule has 1 saturated carbocycles. The monoisotopic (exact) mass is 306 g/mol. The van der Waals surface area contributed by atoms with E-state index in [4.69, 9.17) is 0 Å². The molecule has 0 unspecified atom stereocenters. The number of hydrogen-bond donors (Lipinski definition) is 1. The molecule has 1 aliphatic heterocycles. The fourth-order valence-electron chi connectivity index (χ4n) is 4.00. The molecule has 2 heteroatoms. The van der Waals surface area contributed by atoms with E-state index < -0.39 is 0 Å². The van der Waals surface area contributed by atoms with Crippen LogP contribution >= 0.6 is 0 Å². The van der Waals surface area contributed by atoms with Crippen molar-refractivity contribution in [3.8, 4) is 11.1 Å². The van der Waals surface area contributed by atoms with Crippen LogP contribution in [-0.4, -0.2) is 31.1 Å². The maximum Gasteiger partial charge on any atom is 0.0377 e. The van der Waals surface area contributed by atoms with Crippen molar-refractivity contribution >= 4 is 0 Å². The molecule has 1 aliphatic carbocycles. The van der Waals surface area contributed by atoms with Crippen molar-refractivity contribution in [3.05, 3.63) is 60.2 Å². The Labute approximate surface area is 139 Å². The van der Waals surface area contributed by atoms with Crippen LogP contribution in [0.4, 0.5) is 0 Å². The van der Waals surface area contributed by atoms with Gasteiger partial charge in [-0.3, -0.25) is 4.90 Å². The highest BCUT2D eigenvalue weighted by Crippen LogP contribution is 2.41. The summed E-state index contributed by atoms with van der Waals surface area (Å²) in [6, 6.07) is 20.6. The van der Waals surface area contributed by atoms with Crippen molar-refractivity contribution in [2.75, 3.05) is 26.2 Å². The van der Waals surface area contributed by atoms with E-state index in [-0.39, 0.29) is 0 Å². The second kappa shape index (κ2) is 6.86. The van der Waals surface area contributed by atoms with Crippen LogP contribution < -0.4 is 5.32 Å². The normalized spacial score (nSPS) is 20.9. The number of piperazine rings is 1. The predicted molar refractivity (Wildman–Crippen MR) is 96.4 cm³/mol. The largest absolute Gasteiger partial charge is 0.314 e. The molecule has 0 radical (unpaired) electrons. The minimum Gasteiger partial charge on any atom is -0.314 e. The summed E-state index contributed by atoms with van der Waals surface area (Å²) in [5.74, 6) is 0.857. The molecule has 1 atom stereocenters. The number of nitrogens with zero attached hydrogens (tertiary/aromatic N) is 1. The van der Waals surface area contributed by atoms with Gasteiger partial charge in [-0.1, -0.05) is 61.0 Å². The van der Waals surface area contributed by atoms with Gasteiger partial charge in [0.25, 0.3) is 0 Å². The van der Waals surface area contributed by atoms with E-state index in [2.05, 4.69) is 64.8 Å². The number of hydrogen-bond acceptors (Lipinski definition) is 2. The average Bonchev–Trinajstić information content (AvgIpc) is 2.60. The molecule has 1 saturated heterocycles. The lowest BCUT2D eigenvalue weighted by Gasteiger charge is -2.43. The van der Waals surface area contributed by atoms with Crippen molar-refractivity contribution in [2.45, 2.75) is 25.3 Å². The standard InChI is InChI=1S/C21H26N2/c1-2-5-17(6-3-1)18-9-11-20(12-10-18)21(19-7-4-8-19)23-15-13-22-14-16-23/h1-3,5-6,9-12,19,21-22H,4,7-8,13-16H2/t21-/m0/s1. The smallest absolute Gasteiger partial charge is 0.0377 e. The molecule has 120 valence electrons. The molecule has 0 amide bonds. The summed E-state index contributed by atoms with van der Waals surface area (Å²) >= 11 is 0. The van der Waals surface area contributed by atoms with Crippen molar-refractivity contribution in [3.63, 3.8) is 0 Å². The zero-order valence-electron chi connectivity index (χ0n) is 13.7.